The molecule has 6 nitrogen and oxygen atoms in total. The Kier molecular flexibility index (Phi) is 3.39. The lowest BCUT2D eigenvalue weighted by molar-refractivity contribution is 0.0959. The number of nitrogens with zero attached hydrogens (tertiary/aromatic N) is 1. The molecule has 3 aromatic rings. The maximum atomic E-state index is 12.6. The smallest absolute Gasteiger partial charge is 0.231 e. The lowest BCUT2D eigenvalue weighted by atomic mass is 9.91. The van der Waals surface area contributed by atoms with Crippen LogP contribution in [0, 0.1) is 0 Å². The minimum atomic E-state index is -0.348. The highest BCUT2D eigenvalue weighted by Gasteiger charge is 2.35. The predicted octanol–water partition coefficient (Wildman–Crippen LogP) is 3.13. The van der Waals surface area contributed by atoms with Gasteiger partial charge in [-0.3, -0.25) is 9.59 Å². The van der Waals surface area contributed by atoms with Gasteiger partial charge in [-0.25, -0.2) is 4.98 Å². The molecule has 0 N–H and O–H groups in total. The molecule has 1 aliphatic rings. The highest BCUT2D eigenvalue weighted by atomic mass is 16.5. The molecule has 0 saturated heterocycles. The zero-order valence-electron chi connectivity index (χ0n) is 13.5. The van der Waals surface area contributed by atoms with E-state index in [4.69, 9.17) is 13.9 Å². The number of benzene rings is 2. The van der Waals surface area contributed by atoms with Crippen molar-refractivity contribution < 1.29 is 23.5 Å². The molecular weight excluding hydrogens is 322 g/mol. The van der Waals surface area contributed by atoms with E-state index in [2.05, 4.69) is 4.98 Å². The number of oxazole rings is 1. The van der Waals surface area contributed by atoms with E-state index in [9.17, 15) is 9.59 Å². The molecule has 4 rings (SSSR count). The van der Waals surface area contributed by atoms with Gasteiger partial charge in [0.25, 0.3) is 0 Å². The lowest BCUT2D eigenvalue weighted by Crippen LogP contribution is -2.19. The number of ether oxygens (including phenoxy) is 2. The van der Waals surface area contributed by atoms with Crippen LogP contribution in [0.25, 0.3) is 11.5 Å². The number of fused-ring (bicyclic) bond motifs is 2. The molecule has 0 amide bonds. The van der Waals surface area contributed by atoms with Crippen molar-refractivity contribution >= 4 is 11.6 Å². The van der Waals surface area contributed by atoms with E-state index in [1.165, 1.54) is 14.2 Å². The summed E-state index contributed by atoms with van der Waals surface area (Å²) < 4.78 is 16.1. The first kappa shape index (κ1) is 15.1. The molecule has 0 radical (unpaired) electrons. The second kappa shape index (κ2) is 5.59. The van der Waals surface area contributed by atoms with Gasteiger partial charge in [0, 0.05) is 22.8 Å². The predicted molar refractivity (Wildman–Crippen MR) is 88.4 cm³/mol. The Morgan fingerprint density at radius 3 is 2.08 bits per heavy atom. The molecule has 2 aromatic carbocycles. The van der Waals surface area contributed by atoms with E-state index in [0.29, 0.717) is 28.2 Å². The van der Waals surface area contributed by atoms with Crippen LogP contribution in [0.15, 0.2) is 46.9 Å². The Balaban J connectivity index is 1.86. The quantitative estimate of drug-likeness (QED) is 0.572. The number of rotatable bonds is 3. The van der Waals surface area contributed by atoms with Crippen LogP contribution < -0.4 is 9.47 Å². The fourth-order valence-corrected chi connectivity index (χ4v) is 2.81. The highest BCUT2D eigenvalue weighted by Crippen LogP contribution is 2.34. The lowest BCUT2D eigenvalue weighted by Gasteiger charge is -2.10. The average Bonchev–Trinajstić information content (AvgIpc) is 3.11. The Morgan fingerprint density at radius 1 is 0.880 bits per heavy atom. The number of hydrogen-bond donors (Lipinski definition) is 0. The van der Waals surface area contributed by atoms with Crippen molar-refractivity contribution in [3.63, 3.8) is 0 Å². The number of carbonyl (C=O) groups excluding carboxylic acids is 2. The van der Waals surface area contributed by atoms with Crippen LogP contribution in [0.5, 0.6) is 11.5 Å². The minimum absolute atomic E-state index is 0.0282. The van der Waals surface area contributed by atoms with E-state index in [1.54, 1.807) is 42.5 Å². The first-order valence-electron chi connectivity index (χ1n) is 7.55. The van der Waals surface area contributed by atoms with Crippen molar-refractivity contribution in [1.82, 2.24) is 4.98 Å². The highest BCUT2D eigenvalue weighted by molar-refractivity contribution is 6.26. The second-order valence-corrected chi connectivity index (χ2v) is 5.50. The van der Waals surface area contributed by atoms with Gasteiger partial charge < -0.3 is 13.9 Å². The third-order valence-electron chi connectivity index (χ3n) is 4.06. The van der Waals surface area contributed by atoms with E-state index in [-0.39, 0.29) is 28.9 Å². The van der Waals surface area contributed by atoms with Crippen molar-refractivity contribution in [2.24, 2.45) is 0 Å². The summed E-state index contributed by atoms with van der Waals surface area (Å²) >= 11 is 0. The maximum absolute atomic E-state index is 12.6. The molecule has 124 valence electrons. The summed E-state index contributed by atoms with van der Waals surface area (Å²) in [5.74, 6) is 0.545. The van der Waals surface area contributed by atoms with Crippen LogP contribution in [-0.4, -0.2) is 30.8 Å². The van der Waals surface area contributed by atoms with Gasteiger partial charge in [-0.2, -0.15) is 0 Å². The van der Waals surface area contributed by atoms with Crippen LogP contribution in [0.4, 0.5) is 0 Å². The van der Waals surface area contributed by atoms with Crippen LogP contribution in [0.2, 0.25) is 0 Å². The van der Waals surface area contributed by atoms with Crippen molar-refractivity contribution in [3.05, 3.63) is 65.0 Å². The number of hydrogen-bond acceptors (Lipinski definition) is 6. The largest absolute Gasteiger partial charge is 0.497 e. The zero-order chi connectivity index (χ0) is 17.6. The van der Waals surface area contributed by atoms with Gasteiger partial charge in [0.1, 0.15) is 11.5 Å². The van der Waals surface area contributed by atoms with Crippen LogP contribution in [0.3, 0.4) is 0 Å². The van der Waals surface area contributed by atoms with E-state index < -0.39 is 0 Å². The molecule has 0 bridgehead atoms. The first-order valence-corrected chi connectivity index (χ1v) is 7.55. The van der Waals surface area contributed by atoms with E-state index >= 15 is 0 Å². The molecule has 6 heteroatoms. The fourth-order valence-electron chi connectivity index (χ4n) is 2.81. The number of methoxy groups -OCH3 is 2. The third kappa shape index (κ3) is 2.30. The zero-order valence-corrected chi connectivity index (χ0v) is 13.5. The summed E-state index contributed by atoms with van der Waals surface area (Å²) in [7, 11) is 3.06. The van der Waals surface area contributed by atoms with Gasteiger partial charge >= 0.3 is 0 Å². The standard InChI is InChI=1S/C19H13NO5/c1-23-11-7-10(8-12(9-11)24-2)19-20-15-16(21)13-5-3-4-6-14(13)17(22)18(15)25-19/h3-9H,1-2H3. The number of ketones is 2. The van der Waals surface area contributed by atoms with Gasteiger partial charge in [-0.15, -0.1) is 0 Å². The second-order valence-electron chi connectivity index (χ2n) is 5.50. The average molecular weight is 335 g/mol. The molecule has 0 aliphatic heterocycles. The molecule has 0 unspecified atom stereocenters. The third-order valence-corrected chi connectivity index (χ3v) is 4.06. The normalized spacial score (nSPS) is 12.6. The Labute approximate surface area is 143 Å². The summed E-state index contributed by atoms with van der Waals surface area (Å²) in [6, 6.07) is 11.7. The molecule has 0 saturated carbocycles. The maximum Gasteiger partial charge on any atom is 0.231 e. The summed E-state index contributed by atoms with van der Waals surface area (Å²) in [6.07, 6.45) is 0. The van der Waals surface area contributed by atoms with E-state index in [0.717, 1.165) is 0 Å². The van der Waals surface area contributed by atoms with Crippen molar-refractivity contribution in [3.8, 4) is 23.0 Å². The Hall–Kier alpha value is -3.41. The summed E-state index contributed by atoms with van der Waals surface area (Å²) in [4.78, 5) is 29.5. The van der Waals surface area contributed by atoms with Gasteiger partial charge in [0.05, 0.1) is 14.2 Å². The minimum Gasteiger partial charge on any atom is -0.497 e. The van der Waals surface area contributed by atoms with Gasteiger partial charge in [0.2, 0.25) is 23.2 Å². The van der Waals surface area contributed by atoms with Gasteiger partial charge in [-0.05, 0) is 12.1 Å². The van der Waals surface area contributed by atoms with Crippen LogP contribution in [0.1, 0.15) is 32.2 Å². The molecule has 0 fully saturated rings. The summed E-state index contributed by atoms with van der Waals surface area (Å²) in [5.41, 5.74) is 1.24. The van der Waals surface area contributed by atoms with Crippen LogP contribution >= 0.6 is 0 Å². The molecule has 0 atom stereocenters. The number of aromatic nitrogens is 1. The SMILES string of the molecule is COc1cc(OC)cc(-c2nc3c(o2)C(=O)c2ccccc2C3=O)c1. The number of carbonyl (C=O) groups is 2. The molecule has 25 heavy (non-hydrogen) atoms. The molecule has 1 heterocycles. The van der Waals surface area contributed by atoms with Crippen LogP contribution in [-0.2, 0) is 0 Å². The molecule has 1 aromatic heterocycles. The Morgan fingerprint density at radius 2 is 1.48 bits per heavy atom. The fraction of sp³-hybridized carbons (Fsp3) is 0.105. The monoisotopic (exact) mass is 335 g/mol. The first-order chi connectivity index (χ1) is 12.1. The molecule has 1 aliphatic carbocycles. The Bertz CT molecular complexity index is 944. The van der Waals surface area contributed by atoms with Crippen molar-refractivity contribution in [2.45, 2.75) is 0 Å². The molecular formula is C19H13NO5. The summed E-state index contributed by atoms with van der Waals surface area (Å²) in [6.45, 7) is 0. The van der Waals surface area contributed by atoms with E-state index in [1.807, 2.05) is 0 Å². The van der Waals surface area contributed by atoms with Gasteiger partial charge in [-0.1, -0.05) is 24.3 Å². The molecule has 0 spiro atoms. The summed E-state index contributed by atoms with van der Waals surface area (Å²) in [5, 5.41) is 0. The van der Waals surface area contributed by atoms with Crippen molar-refractivity contribution in [1.29, 1.82) is 0 Å². The van der Waals surface area contributed by atoms with Crippen molar-refractivity contribution in [2.75, 3.05) is 14.2 Å². The van der Waals surface area contributed by atoms with Gasteiger partial charge in [0.15, 0.2) is 5.69 Å². The topological polar surface area (TPSA) is 78.6 Å².